The molecule has 0 radical (unpaired) electrons. The highest BCUT2D eigenvalue weighted by Gasteiger charge is 2.34. The van der Waals surface area contributed by atoms with Crippen molar-refractivity contribution in [2.24, 2.45) is 0 Å². The fraction of sp³-hybridized carbons (Fsp3) is 0.400. The van der Waals surface area contributed by atoms with Gasteiger partial charge >= 0.3 is 0 Å². The summed E-state index contributed by atoms with van der Waals surface area (Å²) >= 11 is 0. The quantitative estimate of drug-likeness (QED) is 0.650. The smallest absolute Gasteiger partial charge is 0.235 e. The van der Waals surface area contributed by atoms with E-state index in [4.69, 9.17) is 0 Å². The van der Waals surface area contributed by atoms with Crippen LogP contribution in [0.2, 0.25) is 0 Å². The summed E-state index contributed by atoms with van der Waals surface area (Å²) in [6.45, 7) is 2.03. The van der Waals surface area contributed by atoms with Crippen LogP contribution in [-0.2, 0) is 4.79 Å². The zero-order valence-corrected chi connectivity index (χ0v) is 7.82. The van der Waals surface area contributed by atoms with Crippen LogP contribution in [0, 0.1) is 0 Å². The molecular weight excluding hydrogens is 164 g/mol. The van der Waals surface area contributed by atoms with Gasteiger partial charge in [-0.15, -0.1) is 0 Å². The van der Waals surface area contributed by atoms with Crippen LogP contribution in [0.15, 0.2) is 18.3 Å². The third-order valence-corrected chi connectivity index (χ3v) is 2.55. The van der Waals surface area contributed by atoms with E-state index in [-0.39, 0.29) is 11.8 Å². The molecule has 1 amide bonds. The predicted octanol–water partition coefficient (Wildman–Crippen LogP) is 1.55. The van der Waals surface area contributed by atoms with Crippen molar-refractivity contribution in [2.45, 2.75) is 19.3 Å². The summed E-state index contributed by atoms with van der Waals surface area (Å²) < 4.78 is 0. The highest BCUT2D eigenvalue weighted by molar-refractivity contribution is 6.03. The lowest BCUT2D eigenvalue weighted by Gasteiger charge is -2.08. The zero-order valence-electron chi connectivity index (χ0n) is 7.82. The van der Waals surface area contributed by atoms with Crippen LogP contribution in [0.3, 0.4) is 0 Å². The topological polar surface area (TPSA) is 33.2 Å². The molecule has 0 bridgehead atoms. The molecule has 1 aromatic rings. The number of fused-ring (bicyclic) bond motifs is 1. The van der Waals surface area contributed by atoms with Gasteiger partial charge in [0.25, 0.3) is 0 Å². The number of nitrogens with zero attached hydrogens (tertiary/aromatic N) is 2. The summed E-state index contributed by atoms with van der Waals surface area (Å²) in [5.74, 6) is 1.00. The second kappa shape index (κ2) is 2.83. The number of carbonyl (C=O) groups is 1. The van der Waals surface area contributed by atoms with Gasteiger partial charge in [-0.1, -0.05) is 13.0 Å². The van der Waals surface area contributed by atoms with E-state index >= 15 is 0 Å². The summed E-state index contributed by atoms with van der Waals surface area (Å²) in [6.07, 6.45) is 2.57. The molecule has 2 rings (SSSR count). The lowest BCUT2D eigenvalue weighted by molar-refractivity contribution is -0.119. The van der Waals surface area contributed by atoms with E-state index in [1.807, 2.05) is 19.1 Å². The molecule has 0 aliphatic carbocycles. The number of carbonyl (C=O) groups excluding carboxylic acids is 1. The van der Waals surface area contributed by atoms with Gasteiger partial charge in [-0.2, -0.15) is 0 Å². The van der Waals surface area contributed by atoms with E-state index in [2.05, 4.69) is 4.98 Å². The lowest BCUT2D eigenvalue weighted by Crippen LogP contribution is -2.24. The van der Waals surface area contributed by atoms with Crippen molar-refractivity contribution in [3.05, 3.63) is 23.9 Å². The van der Waals surface area contributed by atoms with Crippen LogP contribution < -0.4 is 4.90 Å². The number of hydrogen-bond acceptors (Lipinski definition) is 2. The SMILES string of the molecule is CC[C@H]1C(=O)N(C)c2ncccc21. The van der Waals surface area contributed by atoms with Crippen LogP contribution in [0.5, 0.6) is 0 Å². The number of pyridine rings is 1. The van der Waals surface area contributed by atoms with Crippen molar-refractivity contribution in [1.82, 2.24) is 4.98 Å². The maximum absolute atomic E-state index is 11.7. The normalized spacial score (nSPS) is 20.6. The van der Waals surface area contributed by atoms with Gasteiger partial charge < -0.3 is 0 Å². The fourth-order valence-electron chi connectivity index (χ4n) is 1.83. The van der Waals surface area contributed by atoms with E-state index < -0.39 is 0 Å². The van der Waals surface area contributed by atoms with E-state index in [0.717, 1.165) is 17.8 Å². The molecule has 0 saturated heterocycles. The molecule has 0 N–H and O–H groups in total. The number of hydrogen-bond donors (Lipinski definition) is 0. The fourth-order valence-corrected chi connectivity index (χ4v) is 1.83. The van der Waals surface area contributed by atoms with Crippen molar-refractivity contribution in [3.63, 3.8) is 0 Å². The Labute approximate surface area is 77.4 Å². The number of likely N-dealkylation sites (N-methyl/N-ethyl adjacent to an activating group) is 1. The molecule has 3 heteroatoms. The largest absolute Gasteiger partial charge is 0.299 e. The molecule has 3 nitrogen and oxygen atoms in total. The number of anilines is 1. The van der Waals surface area contributed by atoms with E-state index in [9.17, 15) is 4.79 Å². The Hall–Kier alpha value is -1.38. The first-order valence-corrected chi connectivity index (χ1v) is 4.48. The van der Waals surface area contributed by atoms with Crippen molar-refractivity contribution in [2.75, 3.05) is 11.9 Å². The van der Waals surface area contributed by atoms with Gasteiger partial charge in [-0.3, -0.25) is 9.69 Å². The maximum Gasteiger partial charge on any atom is 0.235 e. The van der Waals surface area contributed by atoms with Crippen LogP contribution in [0.1, 0.15) is 24.8 Å². The molecule has 0 aromatic carbocycles. The first-order valence-electron chi connectivity index (χ1n) is 4.48. The Kier molecular flexibility index (Phi) is 1.79. The van der Waals surface area contributed by atoms with Crippen molar-refractivity contribution in [3.8, 4) is 0 Å². The Morgan fingerprint density at radius 1 is 1.62 bits per heavy atom. The van der Waals surface area contributed by atoms with Gasteiger partial charge in [-0.25, -0.2) is 4.98 Å². The first kappa shape index (κ1) is 8.23. The highest BCUT2D eigenvalue weighted by Crippen LogP contribution is 2.35. The Bertz CT molecular complexity index is 349. The minimum atomic E-state index is 0.0219. The van der Waals surface area contributed by atoms with Crippen molar-refractivity contribution in [1.29, 1.82) is 0 Å². The minimum absolute atomic E-state index is 0.0219. The van der Waals surface area contributed by atoms with Crippen LogP contribution in [-0.4, -0.2) is 17.9 Å². The number of aromatic nitrogens is 1. The Morgan fingerprint density at radius 2 is 2.38 bits per heavy atom. The first-order chi connectivity index (χ1) is 6.25. The minimum Gasteiger partial charge on any atom is -0.299 e. The molecule has 0 unspecified atom stereocenters. The van der Waals surface area contributed by atoms with Crippen LogP contribution in [0.25, 0.3) is 0 Å². The molecule has 1 aromatic heterocycles. The molecule has 0 fully saturated rings. The molecule has 1 atom stereocenters. The van der Waals surface area contributed by atoms with Crippen molar-refractivity contribution < 1.29 is 4.79 Å². The molecule has 68 valence electrons. The third kappa shape index (κ3) is 1.03. The molecule has 0 saturated carbocycles. The van der Waals surface area contributed by atoms with Gasteiger partial charge in [0.2, 0.25) is 5.91 Å². The van der Waals surface area contributed by atoms with Gasteiger partial charge in [0.1, 0.15) is 5.82 Å². The van der Waals surface area contributed by atoms with Crippen molar-refractivity contribution >= 4 is 11.7 Å². The van der Waals surface area contributed by atoms with Gasteiger partial charge in [0, 0.05) is 18.8 Å². The van der Waals surface area contributed by atoms with Crippen LogP contribution in [0.4, 0.5) is 5.82 Å². The van der Waals surface area contributed by atoms with Crippen LogP contribution >= 0.6 is 0 Å². The summed E-state index contributed by atoms with van der Waals surface area (Å²) in [5.41, 5.74) is 1.07. The average molecular weight is 176 g/mol. The number of rotatable bonds is 1. The van der Waals surface area contributed by atoms with Gasteiger partial charge in [0.05, 0.1) is 5.92 Å². The monoisotopic (exact) mass is 176 g/mol. The molecular formula is C10H12N2O. The number of amides is 1. The maximum atomic E-state index is 11.7. The average Bonchev–Trinajstić information content (AvgIpc) is 2.41. The third-order valence-electron chi connectivity index (χ3n) is 2.55. The summed E-state index contributed by atoms with van der Waals surface area (Å²) in [4.78, 5) is 17.5. The summed E-state index contributed by atoms with van der Waals surface area (Å²) in [5, 5.41) is 0. The van der Waals surface area contributed by atoms with Gasteiger partial charge in [-0.05, 0) is 12.5 Å². The molecule has 2 heterocycles. The van der Waals surface area contributed by atoms with E-state index in [1.54, 1.807) is 18.1 Å². The Morgan fingerprint density at radius 3 is 3.08 bits per heavy atom. The highest BCUT2D eigenvalue weighted by atomic mass is 16.2. The zero-order chi connectivity index (χ0) is 9.42. The molecule has 1 aliphatic heterocycles. The summed E-state index contributed by atoms with van der Waals surface area (Å²) in [6, 6.07) is 3.87. The standard InChI is InChI=1S/C10H12N2O/c1-3-7-8-5-4-6-11-9(8)12(2)10(7)13/h4-7H,3H2,1-2H3/t7-/m1/s1. The van der Waals surface area contributed by atoms with Gasteiger partial charge in [0.15, 0.2) is 0 Å². The van der Waals surface area contributed by atoms with E-state index in [1.165, 1.54) is 0 Å². The second-order valence-electron chi connectivity index (χ2n) is 3.27. The lowest BCUT2D eigenvalue weighted by atomic mass is 10.0. The van der Waals surface area contributed by atoms with E-state index in [0.29, 0.717) is 0 Å². The molecule has 0 spiro atoms. The second-order valence-corrected chi connectivity index (χ2v) is 3.27. The summed E-state index contributed by atoms with van der Waals surface area (Å²) in [7, 11) is 1.78. The predicted molar refractivity (Wildman–Crippen MR) is 50.7 cm³/mol. The molecule has 13 heavy (non-hydrogen) atoms. The Balaban J connectivity index is 2.53. The molecule has 1 aliphatic rings.